The van der Waals surface area contributed by atoms with E-state index in [4.69, 9.17) is 9.47 Å². The Hall–Kier alpha value is -1.16. The third kappa shape index (κ3) is 46.3. The van der Waals surface area contributed by atoms with E-state index >= 15 is 0 Å². The lowest BCUT2D eigenvalue weighted by molar-refractivity contribution is -0.298. The van der Waals surface area contributed by atoms with Crippen LogP contribution in [0.4, 0.5) is 0 Å². The topological polar surface area (TPSA) is 192 Å². The van der Waals surface area contributed by atoms with E-state index in [0.717, 1.165) is 51.4 Å². The van der Waals surface area contributed by atoms with Gasteiger partial charge >= 0.3 is 10.4 Å². The van der Waals surface area contributed by atoms with Crippen LogP contribution in [0.3, 0.4) is 0 Å². The average Bonchev–Trinajstić information content (AvgIpc) is 3.45. The maximum atomic E-state index is 13.2. The fourth-order valence-electron chi connectivity index (χ4n) is 11.2. The Balaban J connectivity index is 2.27. The van der Waals surface area contributed by atoms with Gasteiger partial charge in [0, 0.05) is 6.42 Å². The van der Waals surface area contributed by atoms with Crippen molar-refractivity contribution < 1.29 is 51.8 Å². The first-order valence-corrected chi connectivity index (χ1v) is 34.9. The van der Waals surface area contributed by atoms with Gasteiger partial charge in [-0.05, 0) is 38.5 Å². The number of aliphatic hydroxyl groups is 4. The summed E-state index contributed by atoms with van der Waals surface area (Å²) in [4.78, 5) is 13.2. The van der Waals surface area contributed by atoms with Gasteiger partial charge in [-0.25, -0.2) is 4.18 Å². The van der Waals surface area contributed by atoms with E-state index < -0.39 is 59.9 Å². The highest BCUT2D eigenvalue weighted by molar-refractivity contribution is 7.80. The number of unbranched alkanes of at least 4 members (excludes halogenated alkanes) is 46. The van der Waals surface area contributed by atoms with E-state index in [0.29, 0.717) is 12.8 Å². The molecule has 1 saturated heterocycles. The van der Waals surface area contributed by atoms with E-state index in [2.05, 4.69) is 35.5 Å². The molecule has 6 N–H and O–H groups in total. The lowest BCUT2D eigenvalue weighted by Gasteiger charge is -2.41. The number of allylic oxidation sites excluding steroid dienone is 2. The second-order valence-corrected chi connectivity index (χ2v) is 24.8. The zero-order chi connectivity index (χ0) is 56.8. The van der Waals surface area contributed by atoms with Crippen molar-refractivity contribution in [2.45, 2.75) is 384 Å². The van der Waals surface area contributed by atoms with Gasteiger partial charge in [0.25, 0.3) is 0 Å². The molecule has 0 aromatic carbocycles. The number of aliphatic hydroxyl groups excluding tert-OH is 4. The molecule has 12 nitrogen and oxygen atoms in total. The van der Waals surface area contributed by atoms with Gasteiger partial charge in [0.1, 0.15) is 24.4 Å². The molecule has 1 aliphatic rings. The van der Waals surface area contributed by atoms with Crippen molar-refractivity contribution in [3.8, 4) is 0 Å². The summed E-state index contributed by atoms with van der Waals surface area (Å²) in [7, 11) is -5.08. The average molecular weight is 1130 g/mol. The van der Waals surface area contributed by atoms with Gasteiger partial charge in [-0.1, -0.05) is 309 Å². The summed E-state index contributed by atoms with van der Waals surface area (Å²) in [6.45, 7) is 3.52. The van der Waals surface area contributed by atoms with Crippen molar-refractivity contribution in [1.82, 2.24) is 5.32 Å². The van der Waals surface area contributed by atoms with Crippen LogP contribution in [0.5, 0.6) is 0 Å². The third-order valence-corrected chi connectivity index (χ3v) is 16.8. The van der Waals surface area contributed by atoms with Crippen LogP contribution in [-0.4, -0.2) is 95.4 Å². The van der Waals surface area contributed by atoms with Crippen LogP contribution in [-0.2, 0) is 28.9 Å². The van der Waals surface area contributed by atoms with Crippen molar-refractivity contribution in [2.24, 2.45) is 0 Å². The van der Waals surface area contributed by atoms with E-state index in [1.165, 1.54) is 263 Å². The van der Waals surface area contributed by atoms with E-state index in [9.17, 15) is 38.2 Å². The molecule has 1 heterocycles. The Morgan fingerprint density at radius 2 is 0.821 bits per heavy atom. The number of hydrogen-bond acceptors (Lipinski definition) is 10. The number of carbonyl (C=O) groups excluding carboxylic acids is 1. The Morgan fingerprint density at radius 3 is 1.15 bits per heavy atom. The summed E-state index contributed by atoms with van der Waals surface area (Å²) in [5.41, 5.74) is 0. The number of nitrogens with one attached hydrogen (secondary N) is 1. The second kappa shape index (κ2) is 55.1. The van der Waals surface area contributed by atoms with E-state index in [1.807, 2.05) is 0 Å². The zero-order valence-electron chi connectivity index (χ0n) is 50.8. The molecule has 0 aromatic rings. The molecule has 1 amide bonds. The molecule has 1 rings (SSSR count). The molecule has 0 aromatic heterocycles. The van der Waals surface area contributed by atoms with Crippen molar-refractivity contribution >= 4 is 16.3 Å². The van der Waals surface area contributed by atoms with Crippen LogP contribution < -0.4 is 5.32 Å². The lowest BCUT2D eigenvalue weighted by atomic mass is 9.99. The van der Waals surface area contributed by atoms with Gasteiger partial charge < -0.3 is 35.2 Å². The fourth-order valence-corrected chi connectivity index (χ4v) is 11.7. The molecule has 1 aliphatic heterocycles. The van der Waals surface area contributed by atoms with E-state index in [-0.39, 0.29) is 12.5 Å². The molecule has 1 fully saturated rings. The zero-order valence-corrected chi connectivity index (χ0v) is 51.6. The molecule has 0 aliphatic carbocycles. The fraction of sp³-hybridized carbons (Fsp3) is 0.954. The molecule has 0 radical (unpaired) electrons. The Kier molecular flexibility index (Phi) is 52.8. The third-order valence-electron chi connectivity index (χ3n) is 16.3. The second-order valence-electron chi connectivity index (χ2n) is 23.8. The summed E-state index contributed by atoms with van der Waals surface area (Å²) in [6.07, 6.45) is 59.5. The standard InChI is InChI=1S/C65H127NO11S/c1-3-5-7-9-11-13-15-17-19-21-23-25-27-29-30-31-33-35-37-39-41-43-45-47-49-51-53-55-61(69)66-58(57-75-65-63(71)64(77-78(72,73)74)62(70)60(56-67)76-65)59(68)54-52-50-48-46-44-42-40-38-36-34-32-28-26-24-22-20-18-16-14-12-10-8-6-4-2/h29-30,58-60,62-65,67-68,70-71H,3-28,31-57H2,1-2H3,(H,66,69)(H,72,73,74)/b30-29-. The van der Waals surface area contributed by atoms with Gasteiger partial charge in [0.05, 0.1) is 25.4 Å². The number of hydrogen-bond donors (Lipinski definition) is 6. The largest absolute Gasteiger partial charge is 0.397 e. The van der Waals surface area contributed by atoms with Gasteiger partial charge in [0.15, 0.2) is 6.29 Å². The van der Waals surface area contributed by atoms with Crippen LogP contribution in [0.25, 0.3) is 0 Å². The first kappa shape index (κ1) is 74.9. The summed E-state index contributed by atoms with van der Waals surface area (Å²) in [6, 6.07) is -0.858. The number of ether oxygens (including phenoxy) is 2. The van der Waals surface area contributed by atoms with Crippen molar-refractivity contribution in [2.75, 3.05) is 13.2 Å². The quantitative estimate of drug-likeness (QED) is 0.0193. The Morgan fingerprint density at radius 1 is 0.500 bits per heavy atom. The highest BCUT2D eigenvalue weighted by atomic mass is 32.3. The molecule has 0 bridgehead atoms. The monoisotopic (exact) mass is 1130 g/mol. The smallest absolute Gasteiger partial charge is 0.394 e. The van der Waals surface area contributed by atoms with Gasteiger partial charge in [-0.3, -0.25) is 9.35 Å². The molecule has 0 spiro atoms. The van der Waals surface area contributed by atoms with Crippen LogP contribution in [0.1, 0.15) is 341 Å². The molecular formula is C65H127NO11S. The number of carbonyl (C=O) groups is 1. The predicted molar refractivity (Wildman–Crippen MR) is 324 cm³/mol. The van der Waals surface area contributed by atoms with Crippen molar-refractivity contribution in [1.29, 1.82) is 0 Å². The molecular weight excluding hydrogens is 1000 g/mol. The molecule has 78 heavy (non-hydrogen) atoms. The van der Waals surface area contributed by atoms with Crippen LogP contribution in [0.15, 0.2) is 12.2 Å². The Labute approximate surface area is 480 Å². The maximum absolute atomic E-state index is 13.2. The highest BCUT2D eigenvalue weighted by Gasteiger charge is 2.48. The molecule has 7 atom stereocenters. The SMILES string of the molecule is CCCCCCCCCCCCCC/C=C\CCCCCCCCCCCCCC(=O)NC(COC1OC(CO)C(O)C(OS(=O)(=O)O)C1O)C(O)CCCCCCCCCCCCCCCCCCCCCCCCCC. The first-order valence-electron chi connectivity index (χ1n) is 33.6. The van der Waals surface area contributed by atoms with Gasteiger partial charge in [-0.2, -0.15) is 8.42 Å². The highest BCUT2D eigenvalue weighted by Crippen LogP contribution is 2.27. The lowest BCUT2D eigenvalue weighted by Crippen LogP contribution is -2.61. The van der Waals surface area contributed by atoms with Crippen molar-refractivity contribution in [3.63, 3.8) is 0 Å². The maximum Gasteiger partial charge on any atom is 0.397 e. The molecule has 0 saturated carbocycles. The van der Waals surface area contributed by atoms with Crippen LogP contribution in [0, 0.1) is 0 Å². The summed E-state index contributed by atoms with van der Waals surface area (Å²) in [5.74, 6) is -0.223. The molecule has 13 heteroatoms. The predicted octanol–water partition coefficient (Wildman–Crippen LogP) is 17.0. The minimum atomic E-state index is -5.08. The van der Waals surface area contributed by atoms with Gasteiger partial charge in [0.2, 0.25) is 5.91 Å². The molecule has 464 valence electrons. The minimum Gasteiger partial charge on any atom is -0.394 e. The minimum absolute atomic E-state index is 0.223. The first-order chi connectivity index (χ1) is 38.0. The van der Waals surface area contributed by atoms with E-state index in [1.54, 1.807) is 0 Å². The summed E-state index contributed by atoms with van der Waals surface area (Å²) >= 11 is 0. The normalized spacial score (nSPS) is 18.8. The Bertz CT molecular complexity index is 1420. The number of rotatable bonds is 60. The summed E-state index contributed by atoms with van der Waals surface area (Å²) in [5, 5.41) is 45.3. The van der Waals surface area contributed by atoms with Crippen LogP contribution in [0.2, 0.25) is 0 Å². The number of amides is 1. The summed E-state index contributed by atoms with van der Waals surface area (Å²) < 4.78 is 48.1. The van der Waals surface area contributed by atoms with Gasteiger partial charge in [-0.15, -0.1) is 0 Å². The molecule has 7 unspecified atom stereocenters. The van der Waals surface area contributed by atoms with Crippen LogP contribution >= 0.6 is 0 Å². The van der Waals surface area contributed by atoms with Crippen molar-refractivity contribution in [3.05, 3.63) is 12.2 Å².